The van der Waals surface area contributed by atoms with Gasteiger partial charge in [-0.05, 0) is 44.0 Å². The fraction of sp³-hybridized carbons (Fsp3) is 0.533. The molecule has 4 heteroatoms. The largest absolute Gasteiger partial charge is 0.465 e. The van der Waals surface area contributed by atoms with Gasteiger partial charge in [-0.15, -0.1) is 0 Å². The van der Waals surface area contributed by atoms with Gasteiger partial charge in [0.15, 0.2) is 0 Å². The Labute approximate surface area is 119 Å². The maximum absolute atomic E-state index is 12.3. The minimum Gasteiger partial charge on any atom is -0.465 e. The van der Waals surface area contributed by atoms with Gasteiger partial charge >= 0.3 is 5.97 Å². The van der Waals surface area contributed by atoms with Crippen LogP contribution in [0.4, 0.5) is 0 Å². The number of rotatable bonds is 4. The first-order valence-corrected chi connectivity index (χ1v) is 7.07. The van der Waals surface area contributed by atoms with Crippen molar-refractivity contribution in [2.24, 2.45) is 0 Å². The predicted octanol–water partition coefficient (Wildman–Crippen LogP) is 2.74. The summed E-state index contributed by atoms with van der Waals surface area (Å²) in [5, 5.41) is 4.10. The standard InChI is InChI=1S/C15H20ClNO2/c1-4-19-14(18)15(17-10(2)3)8-11-5-6-13(16)7-12(11)9-15/h5-7,10,17H,4,8-9H2,1-3H3. The molecule has 19 heavy (non-hydrogen) atoms. The molecule has 0 spiro atoms. The number of hydrogen-bond acceptors (Lipinski definition) is 3. The summed E-state index contributed by atoms with van der Waals surface area (Å²) in [6.45, 7) is 6.31. The first kappa shape index (κ1) is 14.4. The molecular formula is C15H20ClNO2. The van der Waals surface area contributed by atoms with Crippen LogP contribution in [0, 0.1) is 0 Å². The molecule has 0 aromatic heterocycles. The summed E-state index contributed by atoms with van der Waals surface area (Å²) in [4.78, 5) is 12.3. The van der Waals surface area contributed by atoms with Crippen LogP contribution in [0.15, 0.2) is 18.2 Å². The molecule has 1 aromatic carbocycles. The van der Waals surface area contributed by atoms with Crippen molar-refractivity contribution in [2.45, 2.75) is 45.2 Å². The molecule has 0 bridgehead atoms. The number of benzene rings is 1. The molecule has 0 radical (unpaired) electrons. The molecule has 3 nitrogen and oxygen atoms in total. The molecule has 0 aliphatic heterocycles. The van der Waals surface area contributed by atoms with Crippen LogP contribution in [0.25, 0.3) is 0 Å². The zero-order valence-corrected chi connectivity index (χ0v) is 12.4. The Balaban J connectivity index is 2.30. The Bertz CT molecular complexity index is 487. The van der Waals surface area contributed by atoms with E-state index < -0.39 is 5.54 Å². The van der Waals surface area contributed by atoms with Gasteiger partial charge in [0.25, 0.3) is 0 Å². The molecule has 1 aromatic rings. The van der Waals surface area contributed by atoms with Crippen LogP contribution >= 0.6 is 11.6 Å². The molecule has 1 unspecified atom stereocenters. The van der Waals surface area contributed by atoms with Gasteiger partial charge in [0.05, 0.1) is 6.61 Å². The maximum atomic E-state index is 12.3. The summed E-state index contributed by atoms with van der Waals surface area (Å²) in [6.07, 6.45) is 1.30. The molecule has 1 aliphatic rings. The van der Waals surface area contributed by atoms with Crippen molar-refractivity contribution in [3.8, 4) is 0 Å². The molecule has 0 saturated carbocycles. The molecule has 0 fully saturated rings. The van der Waals surface area contributed by atoms with E-state index in [9.17, 15) is 4.79 Å². The smallest absolute Gasteiger partial charge is 0.327 e. The molecule has 1 aliphatic carbocycles. The molecule has 104 valence electrons. The van der Waals surface area contributed by atoms with Gasteiger partial charge in [-0.2, -0.15) is 0 Å². The van der Waals surface area contributed by atoms with Crippen molar-refractivity contribution < 1.29 is 9.53 Å². The van der Waals surface area contributed by atoms with Gasteiger partial charge in [0.1, 0.15) is 5.54 Å². The lowest BCUT2D eigenvalue weighted by atomic mass is 9.94. The Morgan fingerprint density at radius 1 is 1.42 bits per heavy atom. The summed E-state index contributed by atoms with van der Waals surface area (Å²) in [5.41, 5.74) is 1.66. The maximum Gasteiger partial charge on any atom is 0.327 e. The van der Waals surface area contributed by atoms with Crippen LogP contribution in [0.5, 0.6) is 0 Å². The first-order valence-electron chi connectivity index (χ1n) is 6.69. The minimum atomic E-state index is -0.642. The Kier molecular flexibility index (Phi) is 4.16. The number of hydrogen-bond donors (Lipinski definition) is 1. The molecular weight excluding hydrogens is 262 g/mol. The van der Waals surface area contributed by atoms with E-state index in [-0.39, 0.29) is 12.0 Å². The number of nitrogens with one attached hydrogen (secondary N) is 1. The van der Waals surface area contributed by atoms with Crippen LogP contribution in [-0.2, 0) is 22.4 Å². The van der Waals surface area contributed by atoms with Gasteiger partial charge in [0.2, 0.25) is 0 Å². The molecule has 1 N–H and O–H groups in total. The van der Waals surface area contributed by atoms with Crippen LogP contribution in [-0.4, -0.2) is 24.2 Å². The van der Waals surface area contributed by atoms with Crippen molar-refractivity contribution in [1.82, 2.24) is 5.32 Å². The second kappa shape index (κ2) is 5.51. The van der Waals surface area contributed by atoms with E-state index in [1.807, 2.05) is 39.0 Å². The molecule has 0 heterocycles. The highest BCUT2D eigenvalue weighted by atomic mass is 35.5. The van der Waals surface area contributed by atoms with Gasteiger partial charge in [-0.25, -0.2) is 0 Å². The monoisotopic (exact) mass is 281 g/mol. The van der Waals surface area contributed by atoms with Crippen LogP contribution < -0.4 is 5.32 Å². The summed E-state index contributed by atoms with van der Waals surface area (Å²) < 4.78 is 5.26. The molecule has 2 rings (SSSR count). The van der Waals surface area contributed by atoms with E-state index >= 15 is 0 Å². The third kappa shape index (κ3) is 2.93. The van der Waals surface area contributed by atoms with Gasteiger partial charge in [-0.1, -0.05) is 17.7 Å². The highest BCUT2D eigenvalue weighted by molar-refractivity contribution is 6.30. The average Bonchev–Trinajstić information content (AvgIpc) is 2.67. The van der Waals surface area contributed by atoms with E-state index in [0.717, 1.165) is 5.56 Å². The summed E-state index contributed by atoms with van der Waals surface area (Å²) in [5.74, 6) is -0.170. The van der Waals surface area contributed by atoms with Crippen molar-refractivity contribution in [3.63, 3.8) is 0 Å². The third-order valence-electron chi connectivity index (χ3n) is 3.38. The fourth-order valence-corrected chi connectivity index (χ4v) is 2.97. The molecule has 1 atom stereocenters. The normalized spacial score (nSPS) is 21.5. The van der Waals surface area contributed by atoms with Crippen LogP contribution in [0.3, 0.4) is 0 Å². The highest BCUT2D eigenvalue weighted by Gasteiger charge is 2.45. The van der Waals surface area contributed by atoms with E-state index in [4.69, 9.17) is 16.3 Å². The van der Waals surface area contributed by atoms with E-state index in [2.05, 4.69) is 5.32 Å². The number of carbonyl (C=O) groups excluding carboxylic acids is 1. The lowest BCUT2D eigenvalue weighted by Crippen LogP contribution is -2.56. The summed E-state index contributed by atoms with van der Waals surface area (Å²) in [7, 11) is 0. The van der Waals surface area contributed by atoms with E-state index in [0.29, 0.717) is 24.5 Å². The van der Waals surface area contributed by atoms with Crippen LogP contribution in [0.2, 0.25) is 5.02 Å². The summed E-state index contributed by atoms with van der Waals surface area (Å²) in [6, 6.07) is 6.03. The van der Waals surface area contributed by atoms with Crippen LogP contribution in [0.1, 0.15) is 31.9 Å². The lowest BCUT2D eigenvalue weighted by Gasteiger charge is -2.30. The topological polar surface area (TPSA) is 38.3 Å². The third-order valence-corrected chi connectivity index (χ3v) is 3.62. The molecule has 0 amide bonds. The zero-order chi connectivity index (χ0) is 14.0. The number of esters is 1. The second-order valence-corrected chi connectivity index (χ2v) is 5.80. The predicted molar refractivity (Wildman–Crippen MR) is 76.5 cm³/mol. The number of carbonyl (C=O) groups is 1. The number of ether oxygens (including phenoxy) is 1. The van der Waals surface area contributed by atoms with Crippen molar-refractivity contribution in [1.29, 1.82) is 0 Å². The van der Waals surface area contributed by atoms with Crippen molar-refractivity contribution >= 4 is 17.6 Å². The summed E-state index contributed by atoms with van der Waals surface area (Å²) >= 11 is 6.03. The fourth-order valence-electron chi connectivity index (χ4n) is 2.77. The van der Waals surface area contributed by atoms with Gasteiger partial charge in [0, 0.05) is 23.9 Å². The number of halogens is 1. The van der Waals surface area contributed by atoms with E-state index in [1.165, 1.54) is 5.56 Å². The van der Waals surface area contributed by atoms with Crippen molar-refractivity contribution in [2.75, 3.05) is 6.61 Å². The Morgan fingerprint density at radius 3 is 2.74 bits per heavy atom. The Morgan fingerprint density at radius 2 is 2.11 bits per heavy atom. The zero-order valence-electron chi connectivity index (χ0n) is 11.6. The van der Waals surface area contributed by atoms with Gasteiger partial charge in [-0.3, -0.25) is 10.1 Å². The average molecular weight is 282 g/mol. The highest BCUT2D eigenvalue weighted by Crippen LogP contribution is 2.33. The van der Waals surface area contributed by atoms with E-state index in [1.54, 1.807) is 0 Å². The van der Waals surface area contributed by atoms with Crippen molar-refractivity contribution in [3.05, 3.63) is 34.3 Å². The SMILES string of the molecule is CCOC(=O)C1(NC(C)C)Cc2ccc(Cl)cc2C1. The van der Waals surface area contributed by atoms with Gasteiger partial charge < -0.3 is 4.74 Å². The quantitative estimate of drug-likeness (QED) is 0.863. The minimum absolute atomic E-state index is 0.170. The number of fused-ring (bicyclic) bond motifs is 1. The second-order valence-electron chi connectivity index (χ2n) is 5.37. The Hall–Kier alpha value is -1.06. The first-order chi connectivity index (χ1) is 8.97. The molecule has 0 saturated heterocycles. The lowest BCUT2D eigenvalue weighted by molar-refractivity contribution is -0.151.